The van der Waals surface area contributed by atoms with Crippen LogP contribution in [0, 0.1) is 0 Å². The molecule has 1 aromatic carbocycles. The number of carbonyl (C=O) groups is 1. The maximum atomic E-state index is 11.4. The molecule has 1 aliphatic heterocycles. The lowest BCUT2D eigenvalue weighted by molar-refractivity contribution is 0.0996. The third-order valence-electron chi connectivity index (χ3n) is 4.24. The summed E-state index contributed by atoms with van der Waals surface area (Å²) in [5, 5.41) is 3.39. The SMILES string of the molecule is CNC1(C)CCN(Cc2ccccc2C(N)=O)CC1. The van der Waals surface area contributed by atoms with E-state index in [2.05, 4.69) is 17.1 Å². The molecule has 1 aromatic rings. The Morgan fingerprint density at radius 1 is 1.37 bits per heavy atom. The molecule has 104 valence electrons. The van der Waals surface area contributed by atoms with Crippen LogP contribution in [-0.2, 0) is 6.54 Å². The average Bonchev–Trinajstić information content (AvgIpc) is 2.42. The number of rotatable bonds is 4. The van der Waals surface area contributed by atoms with Crippen molar-refractivity contribution in [1.29, 1.82) is 0 Å². The second-order valence-electron chi connectivity index (χ2n) is 5.61. The molecule has 0 unspecified atom stereocenters. The monoisotopic (exact) mass is 261 g/mol. The number of benzene rings is 1. The van der Waals surface area contributed by atoms with E-state index in [4.69, 9.17) is 5.73 Å². The zero-order valence-electron chi connectivity index (χ0n) is 11.8. The van der Waals surface area contributed by atoms with E-state index >= 15 is 0 Å². The molecule has 1 aliphatic rings. The highest BCUT2D eigenvalue weighted by Crippen LogP contribution is 2.23. The van der Waals surface area contributed by atoms with Crippen LogP contribution in [-0.4, -0.2) is 36.5 Å². The highest BCUT2D eigenvalue weighted by atomic mass is 16.1. The van der Waals surface area contributed by atoms with Crippen LogP contribution >= 0.6 is 0 Å². The number of amides is 1. The Morgan fingerprint density at radius 3 is 2.58 bits per heavy atom. The summed E-state index contributed by atoms with van der Waals surface area (Å²) < 4.78 is 0. The number of hydrogen-bond donors (Lipinski definition) is 2. The largest absolute Gasteiger partial charge is 0.366 e. The summed E-state index contributed by atoms with van der Waals surface area (Å²) >= 11 is 0. The van der Waals surface area contributed by atoms with Gasteiger partial charge >= 0.3 is 0 Å². The summed E-state index contributed by atoms with van der Waals surface area (Å²) in [7, 11) is 2.03. The van der Waals surface area contributed by atoms with Crippen molar-refractivity contribution in [1.82, 2.24) is 10.2 Å². The Morgan fingerprint density at radius 2 is 2.00 bits per heavy atom. The molecule has 0 aromatic heterocycles. The van der Waals surface area contributed by atoms with E-state index in [-0.39, 0.29) is 11.4 Å². The summed E-state index contributed by atoms with van der Waals surface area (Å²) in [4.78, 5) is 13.8. The number of primary amides is 1. The van der Waals surface area contributed by atoms with Gasteiger partial charge in [-0.15, -0.1) is 0 Å². The smallest absolute Gasteiger partial charge is 0.249 e. The van der Waals surface area contributed by atoms with Gasteiger partial charge in [0.1, 0.15) is 0 Å². The lowest BCUT2D eigenvalue weighted by atomic mass is 9.89. The van der Waals surface area contributed by atoms with Crippen LogP contribution in [0.5, 0.6) is 0 Å². The first kappa shape index (κ1) is 14.0. The molecule has 1 saturated heterocycles. The number of nitrogens with two attached hydrogens (primary N) is 1. The van der Waals surface area contributed by atoms with Gasteiger partial charge in [-0.2, -0.15) is 0 Å². The predicted octanol–water partition coefficient (Wildman–Crippen LogP) is 1.36. The quantitative estimate of drug-likeness (QED) is 0.860. The van der Waals surface area contributed by atoms with Gasteiger partial charge in [-0.05, 0) is 38.4 Å². The molecule has 4 heteroatoms. The lowest BCUT2D eigenvalue weighted by Crippen LogP contribution is -2.49. The fourth-order valence-electron chi connectivity index (χ4n) is 2.59. The first-order valence-electron chi connectivity index (χ1n) is 6.83. The van der Waals surface area contributed by atoms with Crippen molar-refractivity contribution in [2.45, 2.75) is 31.8 Å². The highest BCUT2D eigenvalue weighted by Gasteiger charge is 2.28. The van der Waals surface area contributed by atoms with E-state index in [1.807, 2.05) is 25.2 Å². The van der Waals surface area contributed by atoms with Crippen molar-refractivity contribution in [3.63, 3.8) is 0 Å². The van der Waals surface area contributed by atoms with E-state index in [1.165, 1.54) is 0 Å². The van der Waals surface area contributed by atoms with Gasteiger partial charge in [0.05, 0.1) is 0 Å². The number of hydrogen-bond acceptors (Lipinski definition) is 3. The third kappa shape index (κ3) is 3.33. The van der Waals surface area contributed by atoms with Crippen LogP contribution in [0.4, 0.5) is 0 Å². The van der Waals surface area contributed by atoms with Crippen molar-refractivity contribution >= 4 is 5.91 Å². The summed E-state index contributed by atoms with van der Waals surface area (Å²) in [5.74, 6) is -0.340. The molecule has 0 saturated carbocycles. The molecular weight excluding hydrogens is 238 g/mol. The predicted molar refractivity (Wildman–Crippen MR) is 76.9 cm³/mol. The van der Waals surface area contributed by atoms with Crippen LogP contribution in [0.25, 0.3) is 0 Å². The molecular formula is C15H23N3O. The van der Waals surface area contributed by atoms with E-state index in [1.54, 1.807) is 6.07 Å². The Labute approximate surface area is 115 Å². The molecule has 1 fully saturated rings. The third-order valence-corrected chi connectivity index (χ3v) is 4.24. The fraction of sp³-hybridized carbons (Fsp3) is 0.533. The molecule has 0 bridgehead atoms. The Bertz CT molecular complexity index is 450. The highest BCUT2D eigenvalue weighted by molar-refractivity contribution is 5.94. The maximum Gasteiger partial charge on any atom is 0.249 e. The number of nitrogens with one attached hydrogen (secondary N) is 1. The van der Waals surface area contributed by atoms with Crippen LogP contribution in [0.3, 0.4) is 0 Å². The van der Waals surface area contributed by atoms with Crippen LogP contribution in [0.1, 0.15) is 35.7 Å². The first-order chi connectivity index (χ1) is 9.04. The summed E-state index contributed by atoms with van der Waals surface area (Å²) in [6.45, 7) is 5.16. The molecule has 0 spiro atoms. The molecule has 3 N–H and O–H groups in total. The van der Waals surface area contributed by atoms with E-state index in [0.717, 1.165) is 38.0 Å². The minimum Gasteiger partial charge on any atom is -0.366 e. The van der Waals surface area contributed by atoms with Gasteiger partial charge in [-0.3, -0.25) is 9.69 Å². The number of nitrogens with zero attached hydrogens (tertiary/aromatic N) is 1. The number of carbonyl (C=O) groups excluding carboxylic acids is 1. The van der Waals surface area contributed by atoms with Crippen molar-refractivity contribution in [2.24, 2.45) is 5.73 Å². The van der Waals surface area contributed by atoms with Crippen molar-refractivity contribution < 1.29 is 4.79 Å². The summed E-state index contributed by atoms with van der Waals surface area (Å²) in [6.07, 6.45) is 2.25. The van der Waals surface area contributed by atoms with Crippen LogP contribution in [0.2, 0.25) is 0 Å². The van der Waals surface area contributed by atoms with Crippen LogP contribution < -0.4 is 11.1 Å². The lowest BCUT2D eigenvalue weighted by Gasteiger charge is -2.39. The van der Waals surface area contributed by atoms with Gasteiger partial charge in [0.25, 0.3) is 0 Å². The molecule has 19 heavy (non-hydrogen) atoms. The van der Waals surface area contributed by atoms with Gasteiger partial charge in [-0.25, -0.2) is 0 Å². The Hall–Kier alpha value is -1.39. The van der Waals surface area contributed by atoms with Crippen molar-refractivity contribution in [3.05, 3.63) is 35.4 Å². The van der Waals surface area contributed by atoms with Crippen molar-refractivity contribution in [2.75, 3.05) is 20.1 Å². The molecule has 1 amide bonds. The van der Waals surface area contributed by atoms with E-state index < -0.39 is 0 Å². The molecule has 0 atom stereocenters. The molecule has 0 radical (unpaired) electrons. The zero-order chi connectivity index (χ0) is 13.9. The van der Waals surface area contributed by atoms with Gasteiger partial charge in [-0.1, -0.05) is 18.2 Å². The number of likely N-dealkylation sites (tertiary alicyclic amines) is 1. The zero-order valence-corrected chi connectivity index (χ0v) is 11.8. The molecule has 1 heterocycles. The second kappa shape index (κ2) is 5.72. The van der Waals surface area contributed by atoms with Gasteiger partial charge in [0, 0.05) is 30.7 Å². The van der Waals surface area contributed by atoms with Gasteiger partial charge in [0.15, 0.2) is 0 Å². The van der Waals surface area contributed by atoms with Crippen LogP contribution in [0.15, 0.2) is 24.3 Å². The summed E-state index contributed by atoms with van der Waals surface area (Å²) in [5.41, 5.74) is 7.34. The summed E-state index contributed by atoms with van der Waals surface area (Å²) in [6, 6.07) is 7.62. The average molecular weight is 261 g/mol. The molecule has 4 nitrogen and oxygen atoms in total. The van der Waals surface area contributed by atoms with E-state index in [9.17, 15) is 4.79 Å². The Kier molecular flexibility index (Phi) is 4.22. The topological polar surface area (TPSA) is 58.4 Å². The fourth-order valence-corrected chi connectivity index (χ4v) is 2.59. The first-order valence-corrected chi connectivity index (χ1v) is 6.83. The second-order valence-corrected chi connectivity index (χ2v) is 5.61. The molecule has 2 rings (SSSR count). The van der Waals surface area contributed by atoms with Gasteiger partial charge in [0.2, 0.25) is 5.91 Å². The van der Waals surface area contributed by atoms with Crippen molar-refractivity contribution in [3.8, 4) is 0 Å². The maximum absolute atomic E-state index is 11.4. The standard InChI is InChI=1S/C15H23N3O/c1-15(17-2)7-9-18(10-8-15)11-12-5-3-4-6-13(12)14(16)19/h3-6,17H,7-11H2,1-2H3,(H2,16,19). The Balaban J connectivity index is 2.02. The molecule has 0 aliphatic carbocycles. The minimum absolute atomic E-state index is 0.250. The van der Waals surface area contributed by atoms with Gasteiger partial charge < -0.3 is 11.1 Å². The normalized spacial score (nSPS) is 19.3. The van der Waals surface area contributed by atoms with E-state index in [0.29, 0.717) is 5.56 Å². The number of piperidine rings is 1. The minimum atomic E-state index is -0.340.